The second-order valence-corrected chi connectivity index (χ2v) is 10.9. The quantitative estimate of drug-likeness (QED) is 0.601. The highest BCUT2D eigenvalue weighted by atomic mass is 32.2. The zero-order chi connectivity index (χ0) is 24.9. The van der Waals surface area contributed by atoms with Gasteiger partial charge >= 0.3 is 0 Å². The van der Waals surface area contributed by atoms with Gasteiger partial charge in [0.2, 0.25) is 21.8 Å². The summed E-state index contributed by atoms with van der Waals surface area (Å²) in [5.74, 6) is -0.490. The van der Waals surface area contributed by atoms with E-state index in [2.05, 4.69) is 10.6 Å². The van der Waals surface area contributed by atoms with Crippen LogP contribution in [0.4, 0.5) is 0 Å². The Morgan fingerprint density at radius 3 is 2.12 bits per heavy atom. The number of nitrogens with zero attached hydrogens (tertiary/aromatic N) is 1. The summed E-state index contributed by atoms with van der Waals surface area (Å²) >= 11 is 0. The third kappa shape index (κ3) is 6.04. The highest BCUT2D eigenvalue weighted by Crippen LogP contribution is 2.31. The standard InChI is InChI=1S/C26H35N3O4S/c1-18-16-19(2)21(4)25(20(18)3)34(32,33)29-14-11-23(12-15-29)26(31)27-13-10-24(30)28-17-22-8-6-5-7-9-22/h5-9,16,23H,10-15,17H2,1-4H3,(H,27,31)(H,28,30). The summed E-state index contributed by atoms with van der Waals surface area (Å²) in [5.41, 5.74) is 4.52. The molecule has 3 rings (SSSR count). The highest BCUT2D eigenvalue weighted by Gasteiger charge is 2.34. The maximum Gasteiger partial charge on any atom is 0.243 e. The van der Waals surface area contributed by atoms with Crippen LogP contribution in [-0.2, 0) is 26.2 Å². The van der Waals surface area contributed by atoms with Gasteiger partial charge in [0.05, 0.1) is 4.90 Å². The first-order chi connectivity index (χ1) is 16.1. The fourth-order valence-corrected chi connectivity index (χ4v) is 6.43. The third-order valence-corrected chi connectivity index (χ3v) is 8.88. The molecule has 7 nitrogen and oxygen atoms in total. The topological polar surface area (TPSA) is 95.6 Å². The fourth-order valence-electron chi connectivity index (χ4n) is 4.38. The van der Waals surface area contributed by atoms with E-state index in [1.807, 2.05) is 64.1 Å². The van der Waals surface area contributed by atoms with Gasteiger partial charge in [0.25, 0.3) is 0 Å². The predicted octanol–water partition coefficient (Wildman–Crippen LogP) is 3.14. The van der Waals surface area contributed by atoms with E-state index in [9.17, 15) is 18.0 Å². The molecule has 2 aromatic rings. The summed E-state index contributed by atoms with van der Waals surface area (Å²) in [7, 11) is -3.63. The Morgan fingerprint density at radius 1 is 0.941 bits per heavy atom. The first-order valence-electron chi connectivity index (χ1n) is 11.8. The molecule has 2 amide bonds. The van der Waals surface area contributed by atoms with Crippen molar-refractivity contribution in [2.45, 2.75) is 58.4 Å². The number of hydrogen-bond donors (Lipinski definition) is 2. The van der Waals surface area contributed by atoms with Gasteiger partial charge in [-0.15, -0.1) is 0 Å². The molecule has 1 fully saturated rings. The zero-order valence-electron chi connectivity index (χ0n) is 20.5. The number of sulfonamides is 1. The van der Waals surface area contributed by atoms with Gasteiger partial charge in [0, 0.05) is 38.5 Å². The van der Waals surface area contributed by atoms with E-state index in [4.69, 9.17) is 0 Å². The summed E-state index contributed by atoms with van der Waals surface area (Å²) in [6, 6.07) is 11.7. The van der Waals surface area contributed by atoms with Gasteiger partial charge in [-0.3, -0.25) is 9.59 Å². The first kappa shape index (κ1) is 25.9. The number of benzene rings is 2. The molecular formula is C26H35N3O4S. The van der Waals surface area contributed by atoms with E-state index in [0.29, 0.717) is 37.4 Å². The number of piperidine rings is 1. The van der Waals surface area contributed by atoms with Gasteiger partial charge < -0.3 is 10.6 Å². The van der Waals surface area contributed by atoms with E-state index in [-0.39, 0.29) is 30.7 Å². The normalized spacial score (nSPS) is 15.2. The first-order valence-corrected chi connectivity index (χ1v) is 13.2. The maximum atomic E-state index is 13.4. The average Bonchev–Trinajstić information content (AvgIpc) is 2.82. The van der Waals surface area contributed by atoms with Crippen molar-refractivity contribution >= 4 is 21.8 Å². The Kier molecular flexibility index (Phi) is 8.49. The molecule has 2 N–H and O–H groups in total. The van der Waals surface area contributed by atoms with Gasteiger partial charge in [-0.25, -0.2) is 8.42 Å². The molecule has 2 aromatic carbocycles. The van der Waals surface area contributed by atoms with Crippen molar-refractivity contribution < 1.29 is 18.0 Å². The SMILES string of the molecule is Cc1cc(C)c(C)c(S(=O)(=O)N2CCC(C(=O)NCCC(=O)NCc3ccccc3)CC2)c1C. The summed E-state index contributed by atoms with van der Waals surface area (Å²) in [5, 5.41) is 5.68. The Labute approximate surface area is 203 Å². The van der Waals surface area contributed by atoms with E-state index >= 15 is 0 Å². The summed E-state index contributed by atoms with van der Waals surface area (Å²) in [6.07, 6.45) is 1.14. The Balaban J connectivity index is 1.48. The number of rotatable bonds is 8. The van der Waals surface area contributed by atoms with Crippen LogP contribution >= 0.6 is 0 Å². The van der Waals surface area contributed by atoms with Crippen LogP contribution in [0.3, 0.4) is 0 Å². The second-order valence-electron chi connectivity index (χ2n) is 9.07. The van der Waals surface area contributed by atoms with E-state index in [1.165, 1.54) is 4.31 Å². The van der Waals surface area contributed by atoms with Crippen molar-refractivity contribution in [3.63, 3.8) is 0 Å². The van der Waals surface area contributed by atoms with Gasteiger partial charge in [-0.05, 0) is 68.4 Å². The van der Waals surface area contributed by atoms with Crippen molar-refractivity contribution in [2.24, 2.45) is 5.92 Å². The lowest BCUT2D eigenvalue weighted by atomic mass is 9.97. The minimum Gasteiger partial charge on any atom is -0.355 e. The zero-order valence-corrected chi connectivity index (χ0v) is 21.3. The number of nitrogens with one attached hydrogen (secondary N) is 2. The molecule has 0 aromatic heterocycles. The largest absolute Gasteiger partial charge is 0.355 e. The molecule has 0 aliphatic carbocycles. The van der Waals surface area contributed by atoms with Gasteiger partial charge in [-0.1, -0.05) is 36.4 Å². The Hall–Kier alpha value is -2.71. The molecule has 0 atom stereocenters. The molecule has 0 bridgehead atoms. The molecule has 8 heteroatoms. The van der Waals surface area contributed by atoms with E-state index < -0.39 is 10.0 Å². The number of hydrogen-bond acceptors (Lipinski definition) is 4. The lowest BCUT2D eigenvalue weighted by Gasteiger charge is -2.31. The Morgan fingerprint density at radius 2 is 1.53 bits per heavy atom. The van der Waals surface area contributed by atoms with Crippen molar-refractivity contribution in [1.29, 1.82) is 0 Å². The fraction of sp³-hybridized carbons (Fsp3) is 0.462. The van der Waals surface area contributed by atoms with Gasteiger partial charge in [0.15, 0.2) is 0 Å². The summed E-state index contributed by atoms with van der Waals surface area (Å²) in [6.45, 7) is 8.90. The molecule has 34 heavy (non-hydrogen) atoms. The lowest BCUT2D eigenvalue weighted by Crippen LogP contribution is -2.43. The molecule has 184 valence electrons. The minimum absolute atomic E-state index is 0.119. The monoisotopic (exact) mass is 485 g/mol. The molecule has 0 spiro atoms. The molecule has 1 saturated heterocycles. The van der Waals surface area contributed by atoms with E-state index in [1.54, 1.807) is 0 Å². The van der Waals surface area contributed by atoms with Crippen LogP contribution < -0.4 is 10.6 Å². The maximum absolute atomic E-state index is 13.4. The van der Waals surface area contributed by atoms with Crippen molar-refractivity contribution in [3.05, 3.63) is 64.2 Å². The van der Waals surface area contributed by atoms with E-state index in [0.717, 1.165) is 27.8 Å². The minimum atomic E-state index is -3.63. The number of aryl methyl sites for hydroxylation is 2. The molecule has 0 radical (unpaired) electrons. The van der Waals surface area contributed by atoms with Crippen molar-refractivity contribution in [3.8, 4) is 0 Å². The third-order valence-electron chi connectivity index (χ3n) is 6.70. The molecular weight excluding hydrogens is 450 g/mol. The highest BCUT2D eigenvalue weighted by molar-refractivity contribution is 7.89. The van der Waals surface area contributed by atoms with Crippen LogP contribution in [0, 0.1) is 33.6 Å². The van der Waals surface area contributed by atoms with Crippen LogP contribution in [0.2, 0.25) is 0 Å². The molecule has 0 saturated carbocycles. The van der Waals surface area contributed by atoms with Crippen LogP contribution in [0.1, 0.15) is 47.1 Å². The van der Waals surface area contributed by atoms with Crippen LogP contribution in [0.5, 0.6) is 0 Å². The predicted molar refractivity (Wildman–Crippen MR) is 133 cm³/mol. The molecule has 1 aliphatic heterocycles. The molecule has 1 aliphatic rings. The van der Waals surface area contributed by atoms with Crippen molar-refractivity contribution in [1.82, 2.24) is 14.9 Å². The lowest BCUT2D eigenvalue weighted by molar-refractivity contribution is -0.126. The summed E-state index contributed by atoms with van der Waals surface area (Å²) < 4.78 is 28.3. The van der Waals surface area contributed by atoms with Gasteiger partial charge in [0.1, 0.15) is 0 Å². The van der Waals surface area contributed by atoms with Crippen LogP contribution in [-0.4, -0.2) is 44.2 Å². The smallest absolute Gasteiger partial charge is 0.243 e. The molecule has 0 unspecified atom stereocenters. The number of carbonyl (C=O) groups is 2. The van der Waals surface area contributed by atoms with Crippen molar-refractivity contribution in [2.75, 3.05) is 19.6 Å². The molecule has 1 heterocycles. The number of amides is 2. The number of carbonyl (C=O) groups excluding carboxylic acids is 2. The average molecular weight is 486 g/mol. The van der Waals surface area contributed by atoms with Crippen LogP contribution in [0.25, 0.3) is 0 Å². The van der Waals surface area contributed by atoms with Crippen LogP contribution in [0.15, 0.2) is 41.3 Å². The second kappa shape index (κ2) is 11.1. The summed E-state index contributed by atoms with van der Waals surface area (Å²) in [4.78, 5) is 25.0. The Bertz CT molecular complexity index is 1110. The van der Waals surface area contributed by atoms with Gasteiger partial charge in [-0.2, -0.15) is 4.31 Å².